The predicted octanol–water partition coefficient (Wildman–Crippen LogP) is 2.59. The molecule has 0 spiro atoms. The SMILES string of the molecule is COc1cc(Br)ccc1NC(=O)[C@H]1[C@H]2C[C@@H]3[C@@H]1C(=O)O[C@@H]3C2. The van der Waals surface area contributed by atoms with Crippen LogP contribution in [0.1, 0.15) is 12.8 Å². The van der Waals surface area contributed by atoms with E-state index < -0.39 is 0 Å². The number of ether oxygens (including phenoxy) is 2. The van der Waals surface area contributed by atoms with Gasteiger partial charge >= 0.3 is 5.97 Å². The molecule has 1 aromatic carbocycles. The number of rotatable bonds is 3. The fraction of sp³-hybridized carbons (Fsp3) is 0.500. The fourth-order valence-corrected chi connectivity index (χ4v) is 4.69. The standard InChI is InChI=1S/C16H16BrNO4/c1-21-12-6-8(17)2-3-10(12)18-15(19)13-7-4-9-11(5-7)22-16(20)14(9)13/h2-3,6-7,9,11,13-14H,4-5H2,1H3,(H,18,19)/t7-,9-,11+,13-,14-/m0/s1. The van der Waals surface area contributed by atoms with Gasteiger partial charge in [0.05, 0.1) is 24.6 Å². The molecule has 5 nitrogen and oxygen atoms in total. The van der Waals surface area contributed by atoms with E-state index in [1.165, 1.54) is 0 Å². The second kappa shape index (κ2) is 4.98. The van der Waals surface area contributed by atoms with Crippen LogP contribution < -0.4 is 10.1 Å². The molecule has 2 bridgehead atoms. The predicted molar refractivity (Wildman–Crippen MR) is 82.4 cm³/mol. The fourth-order valence-electron chi connectivity index (χ4n) is 4.35. The largest absolute Gasteiger partial charge is 0.495 e. The van der Waals surface area contributed by atoms with E-state index in [4.69, 9.17) is 9.47 Å². The van der Waals surface area contributed by atoms with Gasteiger partial charge in [-0.1, -0.05) is 15.9 Å². The lowest BCUT2D eigenvalue weighted by Crippen LogP contribution is -2.35. The molecule has 1 heterocycles. The number of methoxy groups -OCH3 is 1. The summed E-state index contributed by atoms with van der Waals surface area (Å²) in [6, 6.07) is 5.44. The molecule has 1 saturated heterocycles. The molecule has 3 aliphatic rings. The summed E-state index contributed by atoms with van der Waals surface area (Å²) >= 11 is 3.38. The summed E-state index contributed by atoms with van der Waals surface area (Å²) in [6.07, 6.45) is 1.80. The molecule has 0 unspecified atom stereocenters. The number of amides is 1. The minimum Gasteiger partial charge on any atom is -0.495 e. The summed E-state index contributed by atoms with van der Waals surface area (Å²) in [5.41, 5.74) is 0.626. The second-order valence-corrected chi connectivity index (χ2v) is 7.17. The van der Waals surface area contributed by atoms with Gasteiger partial charge in [0.15, 0.2) is 0 Å². The zero-order chi connectivity index (χ0) is 15.4. The number of carbonyl (C=O) groups excluding carboxylic acids is 2. The zero-order valence-corrected chi connectivity index (χ0v) is 13.6. The van der Waals surface area contributed by atoms with Crippen molar-refractivity contribution >= 4 is 33.5 Å². The van der Waals surface area contributed by atoms with Crippen LogP contribution in [-0.2, 0) is 14.3 Å². The van der Waals surface area contributed by atoms with Crippen LogP contribution in [0.4, 0.5) is 5.69 Å². The lowest BCUT2D eigenvalue weighted by atomic mass is 9.79. The van der Waals surface area contributed by atoms with Crippen LogP contribution in [0.25, 0.3) is 0 Å². The average Bonchev–Trinajstić information content (AvgIpc) is 3.10. The number of hydrogen-bond donors (Lipinski definition) is 1. The molecule has 3 fully saturated rings. The van der Waals surface area contributed by atoms with E-state index in [9.17, 15) is 9.59 Å². The van der Waals surface area contributed by atoms with E-state index in [1.54, 1.807) is 19.2 Å². The molecule has 1 aliphatic heterocycles. The van der Waals surface area contributed by atoms with Crippen LogP contribution in [0.3, 0.4) is 0 Å². The van der Waals surface area contributed by atoms with Crippen LogP contribution in [0.5, 0.6) is 5.75 Å². The van der Waals surface area contributed by atoms with Gasteiger partial charge in [-0.3, -0.25) is 9.59 Å². The van der Waals surface area contributed by atoms with E-state index in [-0.39, 0.29) is 41.7 Å². The molecule has 1 N–H and O–H groups in total. The van der Waals surface area contributed by atoms with Gasteiger partial charge < -0.3 is 14.8 Å². The summed E-state index contributed by atoms with van der Waals surface area (Å²) < 4.78 is 11.6. The maximum Gasteiger partial charge on any atom is 0.310 e. The first-order valence-electron chi connectivity index (χ1n) is 7.43. The summed E-state index contributed by atoms with van der Waals surface area (Å²) in [5.74, 6) is 0.258. The maximum atomic E-state index is 12.7. The van der Waals surface area contributed by atoms with Crippen molar-refractivity contribution in [2.75, 3.05) is 12.4 Å². The van der Waals surface area contributed by atoms with Crippen molar-refractivity contribution in [3.05, 3.63) is 22.7 Å². The molecule has 2 saturated carbocycles. The molecular formula is C16H16BrNO4. The maximum absolute atomic E-state index is 12.7. The third-order valence-corrected chi connectivity index (χ3v) is 5.70. The van der Waals surface area contributed by atoms with Crippen molar-refractivity contribution in [2.45, 2.75) is 18.9 Å². The normalized spacial score (nSPS) is 34.6. The van der Waals surface area contributed by atoms with Gasteiger partial charge in [0.1, 0.15) is 11.9 Å². The molecule has 1 amide bonds. The van der Waals surface area contributed by atoms with Crippen molar-refractivity contribution in [3.8, 4) is 5.75 Å². The Bertz CT molecular complexity index is 660. The third-order valence-electron chi connectivity index (χ3n) is 5.21. The topological polar surface area (TPSA) is 64.6 Å². The lowest BCUT2D eigenvalue weighted by molar-refractivity contribution is -0.145. The second-order valence-electron chi connectivity index (χ2n) is 6.26. The Kier molecular flexibility index (Phi) is 3.18. The molecule has 5 atom stereocenters. The van der Waals surface area contributed by atoms with Gasteiger partial charge in [-0.25, -0.2) is 0 Å². The molecule has 22 heavy (non-hydrogen) atoms. The highest BCUT2D eigenvalue weighted by molar-refractivity contribution is 9.10. The van der Waals surface area contributed by atoms with Gasteiger partial charge in [-0.2, -0.15) is 0 Å². The van der Waals surface area contributed by atoms with Gasteiger partial charge in [0, 0.05) is 10.4 Å². The molecular weight excluding hydrogens is 350 g/mol. The number of nitrogens with one attached hydrogen (secondary N) is 1. The van der Waals surface area contributed by atoms with Gasteiger partial charge in [-0.15, -0.1) is 0 Å². The lowest BCUT2D eigenvalue weighted by Gasteiger charge is -2.24. The molecule has 0 radical (unpaired) electrons. The average molecular weight is 366 g/mol. The highest BCUT2D eigenvalue weighted by atomic mass is 79.9. The minimum atomic E-state index is -0.274. The summed E-state index contributed by atoms with van der Waals surface area (Å²) in [6.45, 7) is 0. The van der Waals surface area contributed by atoms with Gasteiger partial charge in [0.25, 0.3) is 0 Å². The third kappa shape index (κ3) is 1.96. The Labute approximate surface area is 136 Å². The molecule has 0 aromatic heterocycles. The number of halogens is 1. The molecule has 6 heteroatoms. The number of esters is 1. The smallest absolute Gasteiger partial charge is 0.310 e. The first-order chi connectivity index (χ1) is 10.6. The highest BCUT2D eigenvalue weighted by Crippen LogP contribution is 2.57. The van der Waals surface area contributed by atoms with Crippen LogP contribution in [0.15, 0.2) is 22.7 Å². The molecule has 116 valence electrons. The van der Waals surface area contributed by atoms with E-state index in [2.05, 4.69) is 21.2 Å². The number of hydrogen-bond acceptors (Lipinski definition) is 4. The van der Waals surface area contributed by atoms with Crippen LogP contribution in [0.2, 0.25) is 0 Å². The number of carbonyl (C=O) groups is 2. The summed E-state index contributed by atoms with van der Waals surface area (Å²) in [7, 11) is 1.56. The van der Waals surface area contributed by atoms with Crippen LogP contribution in [-0.4, -0.2) is 25.1 Å². The first-order valence-corrected chi connectivity index (χ1v) is 8.22. The van der Waals surface area contributed by atoms with E-state index in [1.807, 2.05) is 6.07 Å². The van der Waals surface area contributed by atoms with Gasteiger partial charge in [-0.05, 0) is 37.0 Å². The van der Waals surface area contributed by atoms with Crippen molar-refractivity contribution in [2.24, 2.45) is 23.7 Å². The van der Waals surface area contributed by atoms with Gasteiger partial charge in [0.2, 0.25) is 5.91 Å². The van der Waals surface area contributed by atoms with Crippen molar-refractivity contribution < 1.29 is 19.1 Å². The number of fused-ring (bicyclic) bond motifs is 1. The monoisotopic (exact) mass is 365 g/mol. The van der Waals surface area contributed by atoms with E-state index >= 15 is 0 Å². The summed E-state index contributed by atoms with van der Waals surface area (Å²) in [5, 5.41) is 2.93. The Balaban J connectivity index is 1.57. The Hall–Kier alpha value is -1.56. The number of benzene rings is 1. The van der Waals surface area contributed by atoms with E-state index in [0.717, 1.165) is 17.3 Å². The quantitative estimate of drug-likeness (QED) is 0.836. The van der Waals surface area contributed by atoms with E-state index in [0.29, 0.717) is 11.4 Å². The van der Waals surface area contributed by atoms with Crippen molar-refractivity contribution in [1.29, 1.82) is 0 Å². The Morgan fingerprint density at radius 3 is 3.00 bits per heavy atom. The minimum absolute atomic E-state index is 0.0498. The Morgan fingerprint density at radius 1 is 1.41 bits per heavy atom. The Morgan fingerprint density at radius 2 is 2.23 bits per heavy atom. The zero-order valence-electron chi connectivity index (χ0n) is 12.0. The van der Waals surface area contributed by atoms with Crippen molar-refractivity contribution in [1.82, 2.24) is 0 Å². The number of anilines is 1. The summed E-state index contributed by atoms with van der Waals surface area (Å²) in [4.78, 5) is 24.7. The molecule has 2 aliphatic carbocycles. The van der Waals surface area contributed by atoms with Crippen molar-refractivity contribution in [3.63, 3.8) is 0 Å². The first kappa shape index (κ1) is 14.1. The molecule has 1 aromatic rings. The van der Waals surface area contributed by atoms with Crippen LogP contribution >= 0.6 is 15.9 Å². The molecule has 4 rings (SSSR count). The highest BCUT2D eigenvalue weighted by Gasteiger charge is 2.63. The van der Waals surface area contributed by atoms with Crippen LogP contribution in [0, 0.1) is 23.7 Å².